The summed E-state index contributed by atoms with van der Waals surface area (Å²) < 4.78 is 28.0. The maximum atomic E-state index is 12.9. The average Bonchev–Trinajstić information content (AvgIpc) is 2.72. The normalized spacial score (nSPS) is 13.1. The van der Waals surface area contributed by atoms with E-state index in [1.165, 1.54) is 5.56 Å². The van der Waals surface area contributed by atoms with Crippen LogP contribution >= 0.6 is 0 Å². The number of hydrogen-bond donors (Lipinski definition) is 1. The maximum Gasteiger partial charge on any atom is 0.264 e. The first-order chi connectivity index (χ1) is 15.4. The second-order valence-corrected chi connectivity index (χ2v) is 11.6. The van der Waals surface area contributed by atoms with Gasteiger partial charge in [0.25, 0.3) is 10.0 Å². The van der Waals surface area contributed by atoms with E-state index in [1.807, 2.05) is 19.0 Å². The fourth-order valence-electron chi connectivity index (χ4n) is 4.04. The molecule has 1 atom stereocenters. The molecule has 0 spiro atoms. The summed E-state index contributed by atoms with van der Waals surface area (Å²) in [5.74, 6) is 0.386. The lowest BCUT2D eigenvalue weighted by Gasteiger charge is -2.23. The standard InChI is InChI=1S/C27H40N2O3S/c1-9-20(6)22-14-24(18(2)3)26(25(15-22)19(4)5)16-27(30)28-33(31,32)23-12-10-21(11-13-23)17-29(7)8/h10-15,18-20H,9,16-17H2,1-8H3,(H,28,30). The van der Waals surface area contributed by atoms with Crippen molar-refractivity contribution in [2.75, 3.05) is 14.1 Å². The van der Waals surface area contributed by atoms with Crippen LogP contribution in [-0.2, 0) is 27.8 Å². The van der Waals surface area contributed by atoms with Gasteiger partial charge in [-0.25, -0.2) is 13.1 Å². The maximum absolute atomic E-state index is 12.9. The zero-order valence-electron chi connectivity index (χ0n) is 21.4. The number of carbonyl (C=O) groups is 1. The van der Waals surface area contributed by atoms with Crippen molar-refractivity contribution in [3.63, 3.8) is 0 Å². The van der Waals surface area contributed by atoms with E-state index in [9.17, 15) is 13.2 Å². The first kappa shape index (κ1) is 27.1. The van der Waals surface area contributed by atoms with Gasteiger partial charge in [-0.15, -0.1) is 0 Å². The number of sulfonamides is 1. The molecule has 0 radical (unpaired) electrons. The minimum Gasteiger partial charge on any atom is -0.305 e. The van der Waals surface area contributed by atoms with Gasteiger partial charge in [-0.1, -0.05) is 65.8 Å². The molecule has 2 aromatic carbocycles. The molecule has 1 amide bonds. The minimum absolute atomic E-state index is 0.0414. The number of amides is 1. The van der Waals surface area contributed by atoms with Crippen LogP contribution in [0.15, 0.2) is 41.3 Å². The smallest absolute Gasteiger partial charge is 0.264 e. The quantitative estimate of drug-likeness (QED) is 0.492. The van der Waals surface area contributed by atoms with Crippen LogP contribution < -0.4 is 4.72 Å². The van der Waals surface area contributed by atoms with Gasteiger partial charge in [0.1, 0.15) is 0 Å². The Labute approximate surface area is 200 Å². The van der Waals surface area contributed by atoms with Gasteiger partial charge in [0.05, 0.1) is 11.3 Å². The Balaban J connectivity index is 2.33. The van der Waals surface area contributed by atoms with E-state index >= 15 is 0 Å². The summed E-state index contributed by atoms with van der Waals surface area (Å²) in [6.07, 6.45) is 1.08. The van der Waals surface area contributed by atoms with Gasteiger partial charge in [0, 0.05) is 6.54 Å². The molecule has 0 aliphatic rings. The fourth-order valence-corrected chi connectivity index (χ4v) is 5.03. The molecule has 2 rings (SSSR count). The molecule has 5 nitrogen and oxygen atoms in total. The predicted molar refractivity (Wildman–Crippen MR) is 136 cm³/mol. The van der Waals surface area contributed by atoms with Gasteiger partial charge < -0.3 is 4.90 Å². The number of hydrogen-bond acceptors (Lipinski definition) is 4. The summed E-state index contributed by atoms with van der Waals surface area (Å²) in [4.78, 5) is 15.0. The highest BCUT2D eigenvalue weighted by Crippen LogP contribution is 2.33. The van der Waals surface area contributed by atoms with Crippen LogP contribution in [0.2, 0.25) is 0 Å². The third kappa shape index (κ3) is 7.15. The molecule has 0 saturated heterocycles. The average molecular weight is 473 g/mol. The van der Waals surface area contributed by atoms with Crippen molar-refractivity contribution in [2.45, 2.75) is 83.6 Å². The Morgan fingerprint density at radius 1 is 0.939 bits per heavy atom. The largest absolute Gasteiger partial charge is 0.305 e. The molecule has 1 unspecified atom stereocenters. The SMILES string of the molecule is CCC(C)c1cc(C(C)C)c(CC(=O)NS(=O)(=O)c2ccc(CN(C)C)cc2)c(C(C)C)c1. The van der Waals surface area contributed by atoms with Crippen LogP contribution in [0.1, 0.15) is 93.5 Å². The van der Waals surface area contributed by atoms with Crippen LogP contribution in [0.4, 0.5) is 0 Å². The molecule has 0 aliphatic carbocycles. The Kier molecular flexibility index (Phi) is 9.27. The molecular formula is C27H40N2O3S. The number of carbonyl (C=O) groups excluding carboxylic acids is 1. The molecule has 0 aliphatic heterocycles. The van der Waals surface area contributed by atoms with Crippen LogP contribution in [0.25, 0.3) is 0 Å². The Hall–Kier alpha value is -2.18. The number of rotatable bonds is 10. The zero-order chi connectivity index (χ0) is 24.9. The van der Waals surface area contributed by atoms with Crippen LogP contribution in [-0.4, -0.2) is 33.3 Å². The van der Waals surface area contributed by atoms with Gasteiger partial charge in [-0.05, 0) is 78.2 Å². The first-order valence-corrected chi connectivity index (χ1v) is 13.3. The molecular weight excluding hydrogens is 432 g/mol. The number of nitrogens with zero attached hydrogens (tertiary/aromatic N) is 1. The lowest BCUT2D eigenvalue weighted by Crippen LogP contribution is -2.32. The first-order valence-electron chi connectivity index (χ1n) is 11.8. The second kappa shape index (κ2) is 11.3. The summed E-state index contributed by atoms with van der Waals surface area (Å²) in [6.45, 7) is 13.6. The molecule has 0 heterocycles. The predicted octanol–water partition coefficient (Wildman–Crippen LogP) is 5.56. The minimum atomic E-state index is -3.93. The third-order valence-corrected chi connectivity index (χ3v) is 7.47. The van der Waals surface area contributed by atoms with Gasteiger partial charge in [0.15, 0.2) is 0 Å². The lowest BCUT2D eigenvalue weighted by atomic mass is 9.82. The molecule has 6 heteroatoms. The molecule has 1 N–H and O–H groups in total. The summed E-state index contributed by atoms with van der Waals surface area (Å²) >= 11 is 0. The molecule has 2 aromatic rings. The molecule has 0 bridgehead atoms. The van der Waals surface area contributed by atoms with E-state index in [-0.39, 0.29) is 23.2 Å². The molecule has 0 fully saturated rings. The van der Waals surface area contributed by atoms with Gasteiger partial charge in [0.2, 0.25) is 5.91 Å². The highest BCUT2D eigenvalue weighted by atomic mass is 32.2. The van der Waals surface area contributed by atoms with E-state index < -0.39 is 15.9 Å². The van der Waals surface area contributed by atoms with Crippen molar-refractivity contribution in [3.8, 4) is 0 Å². The molecule has 182 valence electrons. The molecule has 0 saturated carbocycles. The van der Waals surface area contributed by atoms with Crippen molar-refractivity contribution in [2.24, 2.45) is 0 Å². The van der Waals surface area contributed by atoms with E-state index in [2.05, 4.69) is 58.4 Å². The van der Waals surface area contributed by atoms with Crippen LogP contribution in [0, 0.1) is 0 Å². The lowest BCUT2D eigenvalue weighted by molar-refractivity contribution is -0.118. The fraction of sp³-hybridized carbons (Fsp3) is 0.519. The second-order valence-electron chi connectivity index (χ2n) is 9.88. The number of nitrogens with one attached hydrogen (secondary N) is 1. The zero-order valence-corrected chi connectivity index (χ0v) is 22.2. The molecule has 33 heavy (non-hydrogen) atoms. The third-order valence-electron chi connectivity index (χ3n) is 6.08. The summed E-state index contributed by atoms with van der Waals surface area (Å²) in [6, 6.07) is 11.1. The summed E-state index contributed by atoms with van der Waals surface area (Å²) in [5, 5.41) is 0. The molecule has 0 aromatic heterocycles. The van der Waals surface area contributed by atoms with E-state index in [1.54, 1.807) is 24.3 Å². The highest BCUT2D eigenvalue weighted by Gasteiger charge is 2.23. The van der Waals surface area contributed by atoms with E-state index in [4.69, 9.17) is 0 Å². The van der Waals surface area contributed by atoms with Crippen molar-refractivity contribution in [1.29, 1.82) is 0 Å². The number of benzene rings is 2. The topological polar surface area (TPSA) is 66.5 Å². The highest BCUT2D eigenvalue weighted by molar-refractivity contribution is 7.90. The van der Waals surface area contributed by atoms with Crippen LogP contribution in [0.3, 0.4) is 0 Å². The summed E-state index contributed by atoms with van der Waals surface area (Å²) in [7, 11) is -0.0187. The Bertz CT molecular complexity index is 1030. The van der Waals surface area contributed by atoms with Gasteiger partial charge in [-0.3, -0.25) is 4.79 Å². The van der Waals surface area contributed by atoms with Crippen molar-refractivity contribution in [1.82, 2.24) is 9.62 Å². The van der Waals surface area contributed by atoms with Crippen molar-refractivity contribution in [3.05, 3.63) is 64.2 Å². The Morgan fingerprint density at radius 2 is 1.45 bits per heavy atom. The van der Waals surface area contributed by atoms with Gasteiger partial charge >= 0.3 is 0 Å². The monoisotopic (exact) mass is 472 g/mol. The van der Waals surface area contributed by atoms with Crippen molar-refractivity contribution < 1.29 is 13.2 Å². The van der Waals surface area contributed by atoms with Gasteiger partial charge in [-0.2, -0.15) is 0 Å². The summed E-state index contributed by atoms with van der Waals surface area (Å²) in [5.41, 5.74) is 5.48. The van der Waals surface area contributed by atoms with E-state index in [0.29, 0.717) is 5.92 Å². The Morgan fingerprint density at radius 3 is 1.88 bits per heavy atom. The van der Waals surface area contributed by atoms with Crippen molar-refractivity contribution >= 4 is 15.9 Å². The van der Waals surface area contributed by atoms with E-state index in [0.717, 1.165) is 35.2 Å². The van der Waals surface area contributed by atoms with Crippen LogP contribution in [0.5, 0.6) is 0 Å².